The van der Waals surface area contributed by atoms with Gasteiger partial charge in [-0.3, -0.25) is 0 Å². The number of nitrogens with zero attached hydrogens (tertiary/aromatic N) is 2. The molecule has 0 fully saturated rings. The first-order valence-electron chi connectivity index (χ1n) is 14.0. The lowest BCUT2D eigenvalue weighted by Crippen LogP contribution is -2.36. The number of thiazole rings is 1. The Morgan fingerprint density at radius 1 is 0.512 bits per heavy atom. The first kappa shape index (κ1) is 22.8. The van der Waals surface area contributed by atoms with Gasteiger partial charge in [0.1, 0.15) is 5.01 Å². The van der Waals surface area contributed by atoms with Crippen LogP contribution in [0.2, 0.25) is 0 Å². The van der Waals surface area contributed by atoms with Crippen LogP contribution in [0.3, 0.4) is 0 Å². The number of para-hydroxylation sites is 4. The molecule has 192 valence electrons. The van der Waals surface area contributed by atoms with Crippen LogP contribution in [-0.2, 0) is 5.41 Å². The van der Waals surface area contributed by atoms with Crippen LogP contribution in [0.15, 0.2) is 146 Å². The van der Waals surface area contributed by atoms with Crippen LogP contribution >= 0.6 is 11.3 Å². The molecule has 3 heteroatoms. The Bertz CT molecular complexity index is 2040. The Morgan fingerprint density at radius 3 is 1.88 bits per heavy atom. The first-order valence-corrected chi connectivity index (χ1v) is 14.8. The minimum absolute atomic E-state index is 0.447. The van der Waals surface area contributed by atoms with Gasteiger partial charge in [-0.1, -0.05) is 103 Å². The topological polar surface area (TPSA) is 16.1 Å². The summed E-state index contributed by atoms with van der Waals surface area (Å²) in [6.45, 7) is 0. The Kier molecular flexibility index (Phi) is 4.73. The lowest BCUT2D eigenvalue weighted by atomic mass is 9.64. The van der Waals surface area contributed by atoms with Crippen molar-refractivity contribution >= 4 is 38.6 Å². The second-order valence-corrected chi connectivity index (χ2v) is 11.8. The van der Waals surface area contributed by atoms with Crippen molar-refractivity contribution in [2.75, 3.05) is 4.90 Å². The van der Waals surface area contributed by atoms with Crippen molar-refractivity contribution in [2.24, 2.45) is 0 Å². The van der Waals surface area contributed by atoms with Gasteiger partial charge >= 0.3 is 0 Å². The van der Waals surface area contributed by atoms with Gasteiger partial charge in [-0.05, 0) is 75.8 Å². The van der Waals surface area contributed by atoms with E-state index < -0.39 is 5.41 Å². The van der Waals surface area contributed by atoms with Crippen molar-refractivity contribution in [3.63, 3.8) is 0 Å². The van der Waals surface area contributed by atoms with E-state index in [-0.39, 0.29) is 0 Å². The molecular weight excluding hydrogens is 516 g/mol. The zero-order chi connectivity index (χ0) is 27.0. The van der Waals surface area contributed by atoms with E-state index in [0.717, 1.165) is 21.8 Å². The number of rotatable bonds is 2. The molecule has 1 aromatic heterocycles. The van der Waals surface area contributed by atoms with Gasteiger partial charge in [0.25, 0.3) is 0 Å². The molecule has 1 aliphatic carbocycles. The van der Waals surface area contributed by atoms with Crippen LogP contribution in [0.4, 0.5) is 17.1 Å². The average molecular weight is 541 g/mol. The second kappa shape index (κ2) is 8.50. The van der Waals surface area contributed by atoms with Gasteiger partial charge in [0.2, 0.25) is 0 Å². The third-order valence-corrected chi connectivity index (χ3v) is 9.78. The highest BCUT2D eigenvalue weighted by atomic mass is 32.1. The van der Waals surface area contributed by atoms with Gasteiger partial charge in [-0.25, -0.2) is 4.98 Å². The number of hydrogen-bond acceptors (Lipinski definition) is 3. The first-order chi connectivity index (χ1) is 20.3. The largest absolute Gasteiger partial charge is 0.310 e. The van der Waals surface area contributed by atoms with E-state index in [4.69, 9.17) is 4.98 Å². The summed E-state index contributed by atoms with van der Waals surface area (Å²) in [7, 11) is 0. The van der Waals surface area contributed by atoms with Gasteiger partial charge in [0.15, 0.2) is 0 Å². The standard InChI is InChI=1S/C38H24N2S/c1-2-12-26(13-3-1)40-34-19-9-6-16-30(34)38(31-17-7-10-20-35(31)40)29-15-5-4-14-27(29)28-23-22-25(24-32(28)38)37-39-33-18-8-11-21-36(33)41-37/h1-24H. The predicted molar refractivity (Wildman–Crippen MR) is 171 cm³/mol. The van der Waals surface area contributed by atoms with Gasteiger partial charge < -0.3 is 4.90 Å². The number of anilines is 3. The lowest BCUT2D eigenvalue weighted by molar-refractivity contribution is 0.753. The highest BCUT2D eigenvalue weighted by Gasteiger charge is 2.51. The Balaban J connectivity index is 1.39. The fraction of sp³-hybridized carbons (Fsp3) is 0.0263. The zero-order valence-corrected chi connectivity index (χ0v) is 23.0. The molecule has 2 heterocycles. The van der Waals surface area contributed by atoms with Crippen LogP contribution in [0.5, 0.6) is 0 Å². The molecule has 0 saturated carbocycles. The molecule has 0 radical (unpaired) electrons. The van der Waals surface area contributed by atoms with E-state index in [1.807, 2.05) is 0 Å². The molecule has 0 unspecified atom stereocenters. The molecular formula is C38H24N2S. The van der Waals surface area contributed by atoms with E-state index in [9.17, 15) is 0 Å². The van der Waals surface area contributed by atoms with Crippen LogP contribution in [0.1, 0.15) is 22.3 Å². The number of hydrogen-bond donors (Lipinski definition) is 0. The summed E-state index contributed by atoms with van der Waals surface area (Å²) in [4.78, 5) is 7.47. The maximum absolute atomic E-state index is 5.04. The Labute approximate surface area is 242 Å². The van der Waals surface area contributed by atoms with Gasteiger partial charge in [-0.15, -0.1) is 11.3 Å². The number of fused-ring (bicyclic) bond motifs is 10. The molecule has 0 saturated heterocycles. The van der Waals surface area contributed by atoms with E-state index in [1.165, 1.54) is 49.5 Å². The normalized spacial score (nSPS) is 14.0. The highest BCUT2D eigenvalue weighted by Crippen LogP contribution is 2.63. The van der Waals surface area contributed by atoms with Gasteiger partial charge in [-0.2, -0.15) is 0 Å². The molecule has 0 bridgehead atoms. The summed E-state index contributed by atoms with van der Waals surface area (Å²) in [6, 6.07) is 53.0. The van der Waals surface area contributed by atoms with Crippen LogP contribution in [0, 0.1) is 0 Å². The molecule has 0 N–H and O–H groups in total. The summed E-state index contributed by atoms with van der Waals surface area (Å²) >= 11 is 1.76. The third-order valence-electron chi connectivity index (χ3n) is 8.70. The maximum Gasteiger partial charge on any atom is 0.124 e. The van der Waals surface area contributed by atoms with Gasteiger partial charge in [0, 0.05) is 11.3 Å². The van der Waals surface area contributed by atoms with Crippen molar-refractivity contribution in [2.45, 2.75) is 5.41 Å². The SMILES string of the molecule is c1ccc(N2c3ccccc3C3(c4ccccc4-c4ccc(-c5nc6ccccc6s5)cc43)c3ccccc32)cc1. The predicted octanol–water partition coefficient (Wildman–Crippen LogP) is 10.1. The van der Waals surface area contributed by atoms with Crippen molar-refractivity contribution < 1.29 is 0 Å². The molecule has 9 rings (SSSR count). The van der Waals surface area contributed by atoms with Crippen LogP contribution < -0.4 is 4.90 Å². The molecule has 2 nitrogen and oxygen atoms in total. The van der Waals surface area contributed by atoms with Crippen molar-refractivity contribution in [3.8, 4) is 21.7 Å². The van der Waals surface area contributed by atoms with Crippen molar-refractivity contribution in [1.29, 1.82) is 0 Å². The molecule has 2 aliphatic rings. The molecule has 0 amide bonds. The molecule has 1 spiro atoms. The molecule has 41 heavy (non-hydrogen) atoms. The van der Waals surface area contributed by atoms with Crippen molar-refractivity contribution in [3.05, 3.63) is 168 Å². The van der Waals surface area contributed by atoms with E-state index in [1.54, 1.807) is 11.3 Å². The monoisotopic (exact) mass is 540 g/mol. The van der Waals surface area contributed by atoms with Crippen molar-refractivity contribution in [1.82, 2.24) is 4.98 Å². The number of aromatic nitrogens is 1. The smallest absolute Gasteiger partial charge is 0.124 e. The van der Waals surface area contributed by atoms with E-state index in [2.05, 4.69) is 150 Å². The quantitative estimate of drug-likeness (QED) is 0.217. The fourth-order valence-corrected chi connectivity index (χ4v) is 8.05. The Morgan fingerprint density at radius 2 is 1.12 bits per heavy atom. The summed E-state index contributed by atoms with van der Waals surface area (Å²) in [6.07, 6.45) is 0. The van der Waals surface area contributed by atoms with Crippen LogP contribution in [0.25, 0.3) is 31.9 Å². The summed E-state index contributed by atoms with van der Waals surface area (Å²) in [5.74, 6) is 0. The average Bonchev–Trinajstić information content (AvgIpc) is 3.60. The molecule has 6 aromatic carbocycles. The van der Waals surface area contributed by atoms with E-state index >= 15 is 0 Å². The van der Waals surface area contributed by atoms with Crippen LogP contribution in [-0.4, -0.2) is 4.98 Å². The minimum Gasteiger partial charge on any atom is -0.310 e. The fourth-order valence-electron chi connectivity index (χ4n) is 7.09. The molecule has 7 aromatic rings. The molecule has 0 atom stereocenters. The number of benzene rings is 6. The summed E-state index contributed by atoms with van der Waals surface area (Å²) in [5.41, 5.74) is 13.2. The zero-order valence-electron chi connectivity index (χ0n) is 22.2. The summed E-state index contributed by atoms with van der Waals surface area (Å²) < 4.78 is 1.22. The second-order valence-electron chi connectivity index (χ2n) is 10.7. The van der Waals surface area contributed by atoms with Gasteiger partial charge in [0.05, 0.1) is 27.0 Å². The maximum atomic E-state index is 5.04. The highest BCUT2D eigenvalue weighted by molar-refractivity contribution is 7.21. The third kappa shape index (κ3) is 3.04. The molecule has 1 aliphatic heterocycles. The summed E-state index contributed by atoms with van der Waals surface area (Å²) in [5, 5.41) is 1.06. The van der Waals surface area contributed by atoms with E-state index in [0.29, 0.717) is 0 Å². The lowest BCUT2D eigenvalue weighted by Gasteiger charge is -2.45. The minimum atomic E-state index is -0.447. The Hall–Kier alpha value is -4.99.